The molecule has 0 unspecified atom stereocenters. The lowest BCUT2D eigenvalue weighted by Crippen LogP contribution is -2.18. The Bertz CT molecular complexity index is 689. The first-order chi connectivity index (χ1) is 11.1. The van der Waals surface area contributed by atoms with Crippen LogP contribution in [0.1, 0.15) is 16.8 Å². The molecule has 0 bridgehead atoms. The first-order valence-corrected chi connectivity index (χ1v) is 8.08. The van der Waals surface area contributed by atoms with Gasteiger partial charge in [-0.15, -0.1) is 11.8 Å². The van der Waals surface area contributed by atoms with Gasteiger partial charge < -0.3 is 10.6 Å². The molecule has 2 amide bonds. The average Bonchev–Trinajstić information content (AvgIpc) is 2.56. The molecule has 23 heavy (non-hydrogen) atoms. The highest BCUT2D eigenvalue weighted by atomic mass is 32.2. The number of rotatable bonds is 6. The number of nitrogens with one attached hydrogen (secondary N) is 2. The van der Waals surface area contributed by atoms with Crippen molar-refractivity contribution in [3.05, 3.63) is 59.9 Å². The number of carbonyl (C=O) groups is 2. The van der Waals surface area contributed by atoms with Crippen LogP contribution < -0.4 is 10.6 Å². The third-order valence-corrected chi connectivity index (χ3v) is 4.13. The Morgan fingerprint density at radius 1 is 1.09 bits per heavy atom. The number of hydrogen-bond donors (Lipinski definition) is 2. The molecule has 2 aromatic rings. The Morgan fingerprint density at radius 3 is 2.43 bits per heavy atom. The summed E-state index contributed by atoms with van der Waals surface area (Å²) in [6.45, 7) is 0. The minimum absolute atomic E-state index is 0.151. The first kappa shape index (κ1) is 17.0. The minimum atomic E-state index is -0.275. The highest BCUT2D eigenvalue weighted by Gasteiger charge is 2.07. The standard InChI is InChI=1S/C17H17FN2O2S/c1-19-17(22)12-6-8-13(9-7-12)20-16(21)10-11-23-15-5-3-2-4-14(15)18/h2-9H,10-11H2,1H3,(H,19,22)(H,20,21). The van der Waals surface area contributed by atoms with E-state index in [0.29, 0.717) is 21.9 Å². The summed E-state index contributed by atoms with van der Waals surface area (Å²) in [5.41, 5.74) is 1.15. The van der Waals surface area contributed by atoms with Crippen LogP contribution in [0, 0.1) is 5.82 Å². The monoisotopic (exact) mass is 332 g/mol. The smallest absolute Gasteiger partial charge is 0.251 e. The van der Waals surface area contributed by atoms with Crippen molar-refractivity contribution < 1.29 is 14.0 Å². The van der Waals surface area contributed by atoms with Gasteiger partial charge in [0.2, 0.25) is 5.91 Å². The van der Waals surface area contributed by atoms with E-state index in [4.69, 9.17) is 0 Å². The summed E-state index contributed by atoms with van der Waals surface area (Å²) < 4.78 is 13.4. The van der Waals surface area contributed by atoms with E-state index in [0.717, 1.165) is 0 Å². The molecular formula is C17H17FN2O2S. The predicted molar refractivity (Wildman–Crippen MR) is 90.2 cm³/mol. The van der Waals surface area contributed by atoms with Crippen molar-refractivity contribution in [2.24, 2.45) is 0 Å². The van der Waals surface area contributed by atoms with Gasteiger partial charge in [-0.2, -0.15) is 0 Å². The second kappa shape index (κ2) is 8.33. The third-order valence-electron chi connectivity index (χ3n) is 3.08. The molecular weight excluding hydrogens is 315 g/mol. The summed E-state index contributed by atoms with van der Waals surface area (Å²) in [5.74, 6) is -0.114. The lowest BCUT2D eigenvalue weighted by molar-refractivity contribution is -0.115. The van der Waals surface area contributed by atoms with Crippen molar-refractivity contribution in [3.8, 4) is 0 Å². The highest BCUT2D eigenvalue weighted by molar-refractivity contribution is 7.99. The van der Waals surface area contributed by atoms with Gasteiger partial charge >= 0.3 is 0 Å². The van der Waals surface area contributed by atoms with Gasteiger partial charge in [-0.25, -0.2) is 4.39 Å². The molecule has 0 aliphatic carbocycles. The van der Waals surface area contributed by atoms with Crippen LogP contribution in [-0.4, -0.2) is 24.6 Å². The van der Waals surface area contributed by atoms with Gasteiger partial charge in [-0.3, -0.25) is 9.59 Å². The average molecular weight is 332 g/mol. The van der Waals surface area contributed by atoms with E-state index in [-0.39, 0.29) is 24.1 Å². The molecule has 120 valence electrons. The molecule has 4 nitrogen and oxygen atoms in total. The SMILES string of the molecule is CNC(=O)c1ccc(NC(=O)CCSc2ccccc2F)cc1. The van der Waals surface area contributed by atoms with Crippen LogP contribution in [0.25, 0.3) is 0 Å². The van der Waals surface area contributed by atoms with E-state index in [1.54, 1.807) is 49.5 Å². The first-order valence-electron chi connectivity index (χ1n) is 7.09. The molecule has 0 aromatic heterocycles. The number of benzene rings is 2. The van der Waals surface area contributed by atoms with Crippen LogP contribution in [-0.2, 0) is 4.79 Å². The molecule has 0 radical (unpaired) electrons. The zero-order chi connectivity index (χ0) is 16.7. The van der Waals surface area contributed by atoms with Gasteiger partial charge in [-0.1, -0.05) is 12.1 Å². The van der Waals surface area contributed by atoms with Crippen molar-refractivity contribution in [1.82, 2.24) is 5.32 Å². The fourth-order valence-corrected chi connectivity index (χ4v) is 2.78. The quantitative estimate of drug-likeness (QED) is 0.798. The number of hydrogen-bond acceptors (Lipinski definition) is 3. The number of halogens is 1. The van der Waals surface area contributed by atoms with Crippen LogP contribution in [0.3, 0.4) is 0 Å². The lowest BCUT2D eigenvalue weighted by Gasteiger charge is -2.06. The van der Waals surface area contributed by atoms with Gasteiger partial charge in [0.05, 0.1) is 0 Å². The van der Waals surface area contributed by atoms with Crippen LogP contribution in [0.4, 0.5) is 10.1 Å². The van der Waals surface area contributed by atoms with Crippen LogP contribution >= 0.6 is 11.8 Å². The molecule has 2 N–H and O–H groups in total. The van der Waals surface area contributed by atoms with E-state index in [9.17, 15) is 14.0 Å². The van der Waals surface area contributed by atoms with Crippen LogP contribution in [0.5, 0.6) is 0 Å². The van der Waals surface area contributed by atoms with E-state index in [1.165, 1.54) is 17.8 Å². The topological polar surface area (TPSA) is 58.2 Å². The maximum Gasteiger partial charge on any atom is 0.251 e. The molecule has 0 aliphatic heterocycles. The van der Waals surface area contributed by atoms with E-state index in [1.807, 2.05) is 0 Å². The number of amides is 2. The van der Waals surface area contributed by atoms with Crippen molar-refractivity contribution in [2.75, 3.05) is 18.1 Å². The fraction of sp³-hybridized carbons (Fsp3) is 0.176. The number of thioether (sulfide) groups is 1. The van der Waals surface area contributed by atoms with Crippen molar-refractivity contribution in [1.29, 1.82) is 0 Å². The molecule has 6 heteroatoms. The van der Waals surface area contributed by atoms with Crippen LogP contribution in [0.15, 0.2) is 53.4 Å². The van der Waals surface area contributed by atoms with Gasteiger partial charge in [0.15, 0.2) is 0 Å². The van der Waals surface area contributed by atoms with Gasteiger partial charge in [0.1, 0.15) is 5.82 Å². The zero-order valence-electron chi connectivity index (χ0n) is 12.6. The second-order valence-corrected chi connectivity index (χ2v) is 5.87. The molecule has 0 heterocycles. The predicted octanol–water partition coefficient (Wildman–Crippen LogP) is 3.31. The van der Waals surface area contributed by atoms with Gasteiger partial charge in [0.25, 0.3) is 5.91 Å². The summed E-state index contributed by atoms with van der Waals surface area (Å²) in [6, 6.07) is 13.1. The van der Waals surface area contributed by atoms with Crippen molar-refractivity contribution >= 4 is 29.3 Å². The van der Waals surface area contributed by atoms with E-state index < -0.39 is 0 Å². The Kier molecular flexibility index (Phi) is 6.17. The lowest BCUT2D eigenvalue weighted by atomic mass is 10.2. The Labute approximate surface area is 138 Å². The highest BCUT2D eigenvalue weighted by Crippen LogP contribution is 2.22. The summed E-state index contributed by atoms with van der Waals surface area (Å²) in [5, 5.41) is 5.28. The summed E-state index contributed by atoms with van der Waals surface area (Å²) >= 11 is 1.31. The Balaban J connectivity index is 1.81. The van der Waals surface area contributed by atoms with Crippen molar-refractivity contribution in [3.63, 3.8) is 0 Å². The summed E-state index contributed by atoms with van der Waals surface area (Å²) in [7, 11) is 1.56. The maximum absolute atomic E-state index is 13.4. The number of anilines is 1. The van der Waals surface area contributed by atoms with Gasteiger partial charge in [-0.05, 0) is 36.4 Å². The zero-order valence-corrected chi connectivity index (χ0v) is 13.5. The summed E-state index contributed by atoms with van der Waals surface area (Å²) in [6.07, 6.45) is 0.274. The Morgan fingerprint density at radius 2 is 1.78 bits per heavy atom. The fourth-order valence-electron chi connectivity index (χ4n) is 1.89. The van der Waals surface area contributed by atoms with Crippen molar-refractivity contribution in [2.45, 2.75) is 11.3 Å². The van der Waals surface area contributed by atoms with Gasteiger partial charge in [0, 0.05) is 35.4 Å². The van der Waals surface area contributed by atoms with E-state index in [2.05, 4.69) is 10.6 Å². The third kappa shape index (κ3) is 5.10. The second-order valence-electron chi connectivity index (χ2n) is 4.73. The molecule has 0 spiro atoms. The molecule has 2 aromatic carbocycles. The summed E-state index contributed by atoms with van der Waals surface area (Å²) in [4.78, 5) is 23.8. The minimum Gasteiger partial charge on any atom is -0.355 e. The largest absolute Gasteiger partial charge is 0.355 e. The molecule has 0 aliphatic rings. The molecule has 0 fully saturated rings. The molecule has 0 atom stereocenters. The molecule has 2 rings (SSSR count). The molecule has 0 saturated carbocycles. The Hall–Kier alpha value is -2.34. The molecule has 0 saturated heterocycles. The number of carbonyl (C=O) groups excluding carboxylic acids is 2. The maximum atomic E-state index is 13.4. The van der Waals surface area contributed by atoms with E-state index >= 15 is 0 Å². The van der Waals surface area contributed by atoms with Crippen LogP contribution in [0.2, 0.25) is 0 Å². The normalized spacial score (nSPS) is 10.2.